The number of nitrogens with two attached hydrogens (primary N) is 1. The molecule has 0 unspecified atom stereocenters. The number of benzene rings is 1. The highest BCUT2D eigenvalue weighted by atomic mass is 19.1. The number of nitrogens with zero attached hydrogens (tertiary/aromatic N) is 1. The van der Waals surface area contributed by atoms with Crippen LogP contribution in [0.3, 0.4) is 0 Å². The van der Waals surface area contributed by atoms with Crippen LogP contribution in [0, 0.1) is 17.2 Å². The first-order valence-corrected chi connectivity index (χ1v) is 9.02. The molecule has 4 nitrogen and oxygen atoms in total. The molecule has 0 aliphatic carbocycles. The lowest BCUT2D eigenvalue weighted by molar-refractivity contribution is 0.0343. The van der Waals surface area contributed by atoms with Crippen LogP contribution in [0.5, 0.6) is 0 Å². The Labute approximate surface area is 155 Å². The van der Waals surface area contributed by atoms with Crippen LogP contribution in [-0.4, -0.2) is 25.3 Å². The Balaban J connectivity index is 1.88. The second-order valence-corrected chi connectivity index (χ2v) is 8.28. The van der Waals surface area contributed by atoms with Crippen molar-refractivity contribution < 1.29 is 13.7 Å². The topological polar surface area (TPSA) is 57.4 Å². The van der Waals surface area contributed by atoms with Gasteiger partial charge in [-0.05, 0) is 41.6 Å². The summed E-state index contributed by atoms with van der Waals surface area (Å²) in [4.78, 5) is 4.34. The van der Waals surface area contributed by atoms with Crippen molar-refractivity contribution >= 4 is 18.3 Å². The molecule has 2 heterocycles. The lowest BCUT2D eigenvalue weighted by Crippen LogP contribution is -2.47. The van der Waals surface area contributed by atoms with E-state index in [0.29, 0.717) is 36.1 Å². The van der Waals surface area contributed by atoms with Crippen molar-refractivity contribution in [3.8, 4) is 11.3 Å². The highest BCUT2D eigenvalue weighted by Gasteiger charge is 2.33. The number of pyridine rings is 1. The molecular formula is C20H26BFN2O2. The van der Waals surface area contributed by atoms with Crippen LogP contribution in [-0.2, 0) is 15.7 Å². The van der Waals surface area contributed by atoms with Crippen molar-refractivity contribution in [2.45, 2.75) is 34.1 Å². The number of hydrogen-bond acceptors (Lipinski definition) is 4. The Morgan fingerprint density at radius 3 is 2.50 bits per heavy atom. The van der Waals surface area contributed by atoms with E-state index < -0.39 is 7.12 Å². The molecule has 0 atom stereocenters. The second kappa shape index (κ2) is 7.37. The fraction of sp³-hybridized carbons (Fsp3) is 0.450. The minimum atomic E-state index is -0.492. The van der Waals surface area contributed by atoms with Crippen molar-refractivity contribution in [2.24, 2.45) is 11.3 Å². The molecule has 2 aromatic rings. The summed E-state index contributed by atoms with van der Waals surface area (Å²) < 4.78 is 26.3. The Morgan fingerprint density at radius 1 is 1.19 bits per heavy atom. The zero-order valence-corrected chi connectivity index (χ0v) is 15.9. The molecule has 1 aliphatic rings. The highest BCUT2D eigenvalue weighted by molar-refractivity contribution is 6.61. The first kappa shape index (κ1) is 18.9. The van der Waals surface area contributed by atoms with Gasteiger partial charge in [-0.15, -0.1) is 0 Å². The van der Waals surface area contributed by atoms with E-state index in [-0.39, 0.29) is 11.2 Å². The van der Waals surface area contributed by atoms with E-state index in [0.717, 1.165) is 17.4 Å². The van der Waals surface area contributed by atoms with Gasteiger partial charge in [0, 0.05) is 36.1 Å². The van der Waals surface area contributed by atoms with Gasteiger partial charge < -0.3 is 15.0 Å². The number of nitrogen functional groups attached to an aromatic ring is 1. The van der Waals surface area contributed by atoms with Crippen LogP contribution in [0.25, 0.3) is 11.3 Å². The Morgan fingerprint density at radius 2 is 1.88 bits per heavy atom. The monoisotopic (exact) mass is 356 g/mol. The number of hydrogen-bond donors (Lipinski definition) is 1. The predicted octanol–water partition coefficient (Wildman–Crippen LogP) is 3.44. The van der Waals surface area contributed by atoms with Crippen LogP contribution < -0.4 is 11.2 Å². The third-order valence-corrected chi connectivity index (χ3v) is 4.32. The molecule has 3 rings (SSSR count). The smallest absolute Gasteiger partial charge is 0.407 e. The third kappa shape index (κ3) is 4.43. The van der Waals surface area contributed by atoms with Gasteiger partial charge in [0.25, 0.3) is 0 Å². The van der Waals surface area contributed by atoms with E-state index in [9.17, 15) is 4.39 Å². The molecule has 26 heavy (non-hydrogen) atoms. The first-order valence-electron chi connectivity index (χ1n) is 9.02. The predicted molar refractivity (Wildman–Crippen MR) is 104 cm³/mol. The van der Waals surface area contributed by atoms with Gasteiger partial charge in [-0.1, -0.05) is 33.8 Å². The maximum absolute atomic E-state index is 14.6. The van der Waals surface area contributed by atoms with E-state index in [2.05, 4.69) is 32.7 Å². The molecule has 1 fully saturated rings. The maximum Gasteiger partial charge on any atom is 0.493 e. The van der Waals surface area contributed by atoms with Gasteiger partial charge in [-0.25, -0.2) is 4.39 Å². The van der Waals surface area contributed by atoms with E-state index in [1.807, 2.05) is 6.07 Å². The van der Waals surface area contributed by atoms with E-state index in [1.165, 1.54) is 0 Å². The van der Waals surface area contributed by atoms with Crippen LogP contribution in [0.1, 0.15) is 33.3 Å². The molecule has 0 amide bonds. The molecule has 1 aromatic carbocycles. The van der Waals surface area contributed by atoms with Crippen LogP contribution in [0.4, 0.5) is 10.1 Å². The molecule has 0 spiro atoms. The van der Waals surface area contributed by atoms with Gasteiger partial charge in [0.2, 0.25) is 0 Å². The van der Waals surface area contributed by atoms with Gasteiger partial charge in [0.15, 0.2) is 0 Å². The second-order valence-electron chi connectivity index (χ2n) is 8.28. The summed E-state index contributed by atoms with van der Waals surface area (Å²) in [6, 6.07) is 6.93. The van der Waals surface area contributed by atoms with Crippen molar-refractivity contribution in [3.05, 3.63) is 41.8 Å². The summed E-state index contributed by atoms with van der Waals surface area (Å²) in [6.45, 7) is 9.57. The summed E-state index contributed by atoms with van der Waals surface area (Å²) in [5.74, 6) is 0.109. The fourth-order valence-corrected chi connectivity index (χ4v) is 3.11. The van der Waals surface area contributed by atoms with Crippen molar-refractivity contribution in [1.29, 1.82) is 0 Å². The number of rotatable bonds is 4. The SMILES string of the molecule is CC(C)Cc1cnc(-c2cc(N)cc(B3OCC(C)(C)CO3)c2)c(F)c1. The van der Waals surface area contributed by atoms with Crippen LogP contribution in [0.15, 0.2) is 30.5 Å². The zero-order chi connectivity index (χ0) is 18.9. The van der Waals surface area contributed by atoms with Crippen molar-refractivity contribution in [1.82, 2.24) is 4.98 Å². The van der Waals surface area contributed by atoms with E-state index in [4.69, 9.17) is 15.0 Å². The quantitative estimate of drug-likeness (QED) is 0.674. The largest absolute Gasteiger partial charge is 0.493 e. The Kier molecular flexibility index (Phi) is 5.35. The summed E-state index contributed by atoms with van der Waals surface area (Å²) in [5.41, 5.74) is 9.16. The molecule has 0 saturated carbocycles. The number of aromatic nitrogens is 1. The fourth-order valence-electron chi connectivity index (χ4n) is 3.11. The van der Waals surface area contributed by atoms with Crippen LogP contribution >= 0.6 is 0 Å². The van der Waals surface area contributed by atoms with Crippen LogP contribution in [0.2, 0.25) is 0 Å². The molecule has 6 heteroatoms. The van der Waals surface area contributed by atoms with E-state index in [1.54, 1.807) is 24.4 Å². The lowest BCUT2D eigenvalue weighted by Gasteiger charge is -2.33. The molecule has 1 saturated heterocycles. The lowest BCUT2D eigenvalue weighted by atomic mass is 9.75. The Hall–Kier alpha value is -1.92. The molecule has 0 radical (unpaired) electrons. The van der Waals surface area contributed by atoms with Gasteiger partial charge in [0.1, 0.15) is 11.5 Å². The average Bonchev–Trinajstić information content (AvgIpc) is 2.53. The van der Waals surface area contributed by atoms with Crippen molar-refractivity contribution in [2.75, 3.05) is 18.9 Å². The maximum atomic E-state index is 14.6. The molecule has 138 valence electrons. The van der Waals surface area contributed by atoms with E-state index >= 15 is 0 Å². The van der Waals surface area contributed by atoms with Gasteiger partial charge in [0.05, 0.1) is 0 Å². The van der Waals surface area contributed by atoms with Gasteiger partial charge >= 0.3 is 7.12 Å². The first-order chi connectivity index (χ1) is 12.2. The normalized spacial score (nSPS) is 16.9. The summed E-state index contributed by atoms with van der Waals surface area (Å²) in [6.07, 6.45) is 2.53. The highest BCUT2D eigenvalue weighted by Crippen LogP contribution is 2.25. The number of halogens is 1. The average molecular weight is 356 g/mol. The summed E-state index contributed by atoms with van der Waals surface area (Å²) >= 11 is 0. The molecule has 2 N–H and O–H groups in total. The molecular weight excluding hydrogens is 330 g/mol. The van der Waals surface area contributed by atoms with Gasteiger partial charge in [-0.3, -0.25) is 4.98 Å². The molecule has 0 bridgehead atoms. The summed E-state index contributed by atoms with van der Waals surface area (Å²) in [7, 11) is -0.492. The van der Waals surface area contributed by atoms with Crippen molar-refractivity contribution in [3.63, 3.8) is 0 Å². The minimum Gasteiger partial charge on any atom is -0.407 e. The van der Waals surface area contributed by atoms with Gasteiger partial charge in [-0.2, -0.15) is 0 Å². The summed E-state index contributed by atoms with van der Waals surface area (Å²) in [5, 5.41) is 0. The molecule has 1 aliphatic heterocycles. The minimum absolute atomic E-state index is 0.0143. The third-order valence-electron chi connectivity index (χ3n) is 4.32. The standard InChI is InChI=1S/C20H26BFN2O2/c1-13(2)5-14-6-18(22)19(24-10-14)15-7-16(9-17(23)8-15)21-25-11-20(3,4)12-26-21/h6-10,13H,5,11-12,23H2,1-4H3. The Bertz CT molecular complexity index is 785. The number of anilines is 1. The molecule has 1 aromatic heterocycles. The zero-order valence-electron chi connectivity index (χ0n) is 15.9.